The molecule has 57 heavy (non-hydrogen) atoms. The highest BCUT2D eigenvalue weighted by molar-refractivity contribution is 7.27. The molecule has 0 aliphatic heterocycles. The molecule has 0 aliphatic rings. The Morgan fingerprint density at radius 3 is 1.51 bits per heavy atom. The molecule has 3 heteroatoms. The summed E-state index contributed by atoms with van der Waals surface area (Å²) in [5.41, 5.74) is 13.3. The van der Waals surface area contributed by atoms with Crippen LogP contribution in [0.1, 0.15) is 0 Å². The van der Waals surface area contributed by atoms with E-state index in [4.69, 9.17) is 0 Å². The zero-order valence-corrected chi connectivity index (χ0v) is 32.6. The summed E-state index contributed by atoms with van der Waals surface area (Å²) in [5.74, 6) is 0. The summed E-state index contributed by atoms with van der Waals surface area (Å²) in [7, 11) is 0. The third-order valence-corrected chi connectivity index (χ3v) is 13.5. The van der Waals surface area contributed by atoms with Crippen molar-refractivity contribution in [2.45, 2.75) is 0 Å². The Labute approximate surface area is 340 Å². The van der Waals surface area contributed by atoms with Crippen molar-refractivity contribution in [2.75, 3.05) is 4.90 Å². The van der Waals surface area contributed by atoms with Crippen LogP contribution in [0.3, 0.4) is 0 Å². The standard InChI is InChI=1S/C54H35NS2/c1-4-13-36(14-5-1)38-23-25-39(26-24-38)40-27-30-43(31-28-40)55(48-34-33-44(41-17-8-3-9-18-41)54-52(48)47-19-10-11-22-50(47)56-54)49-21-12-20-46-45-32-29-42(35-51(45)57-53(46)49)37-15-6-2-7-16-37/h1-35H. The molecule has 268 valence electrons. The zero-order chi connectivity index (χ0) is 37.7. The average molecular weight is 762 g/mol. The summed E-state index contributed by atoms with van der Waals surface area (Å²) in [4.78, 5) is 2.51. The van der Waals surface area contributed by atoms with Crippen LogP contribution >= 0.6 is 22.7 Å². The van der Waals surface area contributed by atoms with Gasteiger partial charge in [0.1, 0.15) is 0 Å². The first kappa shape index (κ1) is 33.5. The van der Waals surface area contributed by atoms with Crippen molar-refractivity contribution in [2.24, 2.45) is 0 Å². The highest BCUT2D eigenvalue weighted by Gasteiger charge is 2.23. The number of nitrogens with zero attached hydrogens (tertiary/aromatic N) is 1. The van der Waals surface area contributed by atoms with Gasteiger partial charge in [-0.3, -0.25) is 0 Å². The van der Waals surface area contributed by atoms with E-state index in [0.717, 1.165) is 5.69 Å². The number of hydrogen-bond acceptors (Lipinski definition) is 3. The van der Waals surface area contributed by atoms with Crippen LogP contribution in [0.15, 0.2) is 212 Å². The van der Waals surface area contributed by atoms with Crippen molar-refractivity contribution >= 4 is 80.1 Å². The van der Waals surface area contributed by atoms with Crippen molar-refractivity contribution in [3.8, 4) is 44.5 Å². The minimum atomic E-state index is 1.12. The second kappa shape index (κ2) is 14.1. The van der Waals surface area contributed by atoms with E-state index < -0.39 is 0 Å². The van der Waals surface area contributed by atoms with Crippen LogP contribution in [0.2, 0.25) is 0 Å². The van der Waals surface area contributed by atoms with Crippen molar-refractivity contribution < 1.29 is 0 Å². The van der Waals surface area contributed by atoms with Gasteiger partial charge in [0.05, 0.1) is 16.1 Å². The highest BCUT2D eigenvalue weighted by atomic mass is 32.1. The van der Waals surface area contributed by atoms with Crippen molar-refractivity contribution in [3.05, 3.63) is 212 Å². The van der Waals surface area contributed by atoms with Gasteiger partial charge in [-0.25, -0.2) is 0 Å². The van der Waals surface area contributed by atoms with Crippen LogP contribution in [0.5, 0.6) is 0 Å². The van der Waals surface area contributed by atoms with Crippen molar-refractivity contribution in [1.29, 1.82) is 0 Å². The molecular weight excluding hydrogens is 727 g/mol. The van der Waals surface area contributed by atoms with Crippen LogP contribution in [0.4, 0.5) is 17.1 Å². The van der Waals surface area contributed by atoms with Gasteiger partial charge in [-0.05, 0) is 80.9 Å². The van der Waals surface area contributed by atoms with E-state index in [0.29, 0.717) is 0 Å². The van der Waals surface area contributed by atoms with Gasteiger partial charge in [0.2, 0.25) is 0 Å². The van der Waals surface area contributed by atoms with Gasteiger partial charge < -0.3 is 4.90 Å². The smallest absolute Gasteiger partial charge is 0.0640 e. The fraction of sp³-hybridized carbons (Fsp3) is 0. The number of thiophene rings is 2. The third kappa shape index (κ3) is 5.91. The number of benzene rings is 9. The fourth-order valence-electron chi connectivity index (χ4n) is 8.31. The Morgan fingerprint density at radius 2 is 0.825 bits per heavy atom. The molecule has 9 aromatic carbocycles. The third-order valence-electron chi connectivity index (χ3n) is 11.1. The highest BCUT2D eigenvalue weighted by Crippen LogP contribution is 2.51. The molecule has 0 radical (unpaired) electrons. The predicted octanol–water partition coefficient (Wildman–Crippen LogP) is 16.6. The molecular formula is C54H35NS2. The topological polar surface area (TPSA) is 3.24 Å². The van der Waals surface area contributed by atoms with Crippen LogP contribution in [0, 0.1) is 0 Å². The van der Waals surface area contributed by atoms with Gasteiger partial charge in [0, 0.05) is 41.3 Å². The van der Waals surface area contributed by atoms with Gasteiger partial charge in [-0.1, -0.05) is 176 Å². The van der Waals surface area contributed by atoms with Gasteiger partial charge in [-0.2, -0.15) is 0 Å². The number of anilines is 3. The molecule has 2 aromatic heterocycles. The lowest BCUT2D eigenvalue weighted by molar-refractivity contribution is 1.32. The van der Waals surface area contributed by atoms with Crippen LogP contribution in [-0.4, -0.2) is 0 Å². The Morgan fingerprint density at radius 1 is 0.298 bits per heavy atom. The summed E-state index contributed by atoms with van der Waals surface area (Å²) in [6.07, 6.45) is 0. The van der Waals surface area contributed by atoms with Crippen LogP contribution in [-0.2, 0) is 0 Å². The maximum atomic E-state index is 2.51. The summed E-state index contributed by atoms with van der Waals surface area (Å²) in [6, 6.07) is 77.5. The Bertz CT molecular complexity index is 3200. The van der Waals surface area contributed by atoms with E-state index in [1.54, 1.807) is 0 Å². The SMILES string of the molecule is c1ccc(-c2ccc(-c3ccc(N(c4cccc5c4sc4cc(-c6ccccc6)ccc45)c4ccc(-c5ccccc5)c5sc6ccccc6c45)cc3)cc2)cc1. The summed E-state index contributed by atoms with van der Waals surface area (Å²) < 4.78 is 5.16. The molecule has 2 heterocycles. The summed E-state index contributed by atoms with van der Waals surface area (Å²) in [6.45, 7) is 0. The van der Waals surface area contributed by atoms with Gasteiger partial charge in [-0.15, -0.1) is 22.7 Å². The molecule has 0 spiro atoms. The molecule has 11 aromatic rings. The summed E-state index contributed by atoms with van der Waals surface area (Å²) >= 11 is 3.77. The molecule has 0 aliphatic carbocycles. The van der Waals surface area contributed by atoms with Crippen molar-refractivity contribution in [1.82, 2.24) is 0 Å². The minimum absolute atomic E-state index is 1.12. The molecule has 0 unspecified atom stereocenters. The van der Waals surface area contributed by atoms with E-state index >= 15 is 0 Å². The second-order valence-electron chi connectivity index (χ2n) is 14.5. The number of hydrogen-bond donors (Lipinski definition) is 0. The number of rotatable bonds is 7. The lowest BCUT2D eigenvalue weighted by Crippen LogP contribution is -2.10. The van der Waals surface area contributed by atoms with E-state index in [2.05, 4.69) is 217 Å². The predicted molar refractivity (Wildman–Crippen MR) is 249 cm³/mol. The molecule has 11 rings (SSSR count). The molecule has 0 fully saturated rings. The largest absolute Gasteiger partial charge is 0.308 e. The first-order valence-corrected chi connectivity index (χ1v) is 21.0. The van der Waals surface area contributed by atoms with E-state index in [9.17, 15) is 0 Å². The van der Waals surface area contributed by atoms with E-state index in [1.165, 1.54) is 96.2 Å². The maximum absolute atomic E-state index is 2.51. The lowest BCUT2D eigenvalue weighted by Gasteiger charge is -2.28. The van der Waals surface area contributed by atoms with E-state index in [-0.39, 0.29) is 0 Å². The first-order chi connectivity index (χ1) is 28.3. The minimum Gasteiger partial charge on any atom is -0.308 e. The lowest BCUT2D eigenvalue weighted by atomic mass is 9.99. The molecule has 0 amide bonds. The zero-order valence-electron chi connectivity index (χ0n) is 31.0. The van der Waals surface area contributed by atoms with Crippen LogP contribution in [0.25, 0.3) is 84.9 Å². The molecule has 0 saturated carbocycles. The monoisotopic (exact) mass is 761 g/mol. The normalized spacial score (nSPS) is 11.5. The second-order valence-corrected chi connectivity index (χ2v) is 16.6. The molecule has 0 saturated heterocycles. The Kier molecular flexibility index (Phi) is 8.28. The molecule has 0 bridgehead atoms. The van der Waals surface area contributed by atoms with Gasteiger partial charge >= 0.3 is 0 Å². The number of fused-ring (bicyclic) bond motifs is 6. The van der Waals surface area contributed by atoms with Gasteiger partial charge in [0.25, 0.3) is 0 Å². The Hall–Kier alpha value is -6.78. The summed E-state index contributed by atoms with van der Waals surface area (Å²) in [5, 5.41) is 5.12. The molecule has 0 N–H and O–H groups in total. The molecule has 0 atom stereocenters. The maximum Gasteiger partial charge on any atom is 0.0640 e. The first-order valence-electron chi connectivity index (χ1n) is 19.3. The average Bonchev–Trinajstić information content (AvgIpc) is 3.87. The van der Waals surface area contributed by atoms with Gasteiger partial charge in [0.15, 0.2) is 0 Å². The van der Waals surface area contributed by atoms with Crippen molar-refractivity contribution in [3.63, 3.8) is 0 Å². The Balaban J connectivity index is 1.11. The quantitative estimate of drug-likeness (QED) is 0.156. The molecule has 1 nitrogen and oxygen atoms in total. The fourth-order valence-corrected chi connectivity index (χ4v) is 10.8. The van der Waals surface area contributed by atoms with Crippen LogP contribution < -0.4 is 4.90 Å². The van der Waals surface area contributed by atoms with E-state index in [1.807, 2.05) is 22.7 Å².